The van der Waals surface area contributed by atoms with E-state index in [4.69, 9.17) is 4.74 Å². The lowest BCUT2D eigenvalue weighted by Crippen LogP contribution is -2.50. The van der Waals surface area contributed by atoms with Gasteiger partial charge in [0.15, 0.2) is 0 Å². The van der Waals surface area contributed by atoms with Crippen molar-refractivity contribution in [2.75, 3.05) is 7.11 Å². The van der Waals surface area contributed by atoms with E-state index in [2.05, 4.69) is 5.32 Å². The van der Waals surface area contributed by atoms with Crippen LogP contribution in [-0.2, 0) is 9.53 Å². The number of amides is 1. The molecule has 0 aliphatic heterocycles. The normalized spacial score (nSPS) is 14.2. The Morgan fingerprint density at radius 2 is 2.00 bits per heavy atom. The molecule has 3 nitrogen and oxygen atoms in total. The van der Waals surface area contributed by atoms with E-state index in [0.717, 1.165) is 6.42 Å². The summed E-state index contributed by atoms with van der Waals surface area (Å²) in [6.45, 7) is 9.80. The molecule has 14 heavy (non-hydrogen) atoms. The predicted octanol–water partition coefficient (Wildman–Crippen LogP) is 2.21. The molecule has 0 unspecified atom stereocenters. The molecule has 3 heteroatoms. The van der Waals surface area contributed by atoms with Crippen LogP contribution in [0.4, 0.5) is 0 Å². The summed E-state index contributed by atoms with van der Waals surface area (Å²) in [6, 6.07) is 0.0717. The first kappa shape index (κ1) is 13.4. The minimum Gasteiger partial charge on any atom is -0.377 e. The third-order valence-electron chi connectivity index (χ3n) is 2.61. The molecule has 0 aromatic carbocycles. The van der Waals surface area contributed by atoms with E-state index in [9.17, 15) is 4.79 Å². The summed E-state index contributed by atoms with van der Waals surface area (Å²) in [5.41, 5.74) is -0.306. The summed E-state index contributed by atoms with van der Waals surface area (Å²) in [5, 5.41) is 2.99. The Balaban J connectivity index is 0. The number of methoxy groups -OCH3 is 1. The largest absolute Gasteiger partial charge is 0.377 e. The first-order chi connectivity index (χ1) is 6.35. The van der Waals surface area contributed by atoms with E-state index in [1.54, 1.807) is 7.11 Å². The lowest BCUT2D eigenvalue weighted by molar-refractivity contribution is -0.127. The van der Waals surface area contributed by atoms with Crippen LogP contribution in [-0.4, -0.2) is 24.7 Å². The molecule has 86 valence electrons. The molecule has 0 spiro atoms. The van der Waals surface area contributed by atoms with E-state index in [1.165, 1.54) is 0 Å². The van der Waals surface area contributed by atoms with E-state index in [0.29, 0.717) is 0 Å². The van der Waals surface area contributed by atoms with Crippen LogP contribution in [0.1, 0.15) is 42.5 Å². The van der Waals surface area contributed by atoms with Gasteiger partial charge in [-0.2, -0.15) is 0 Å². The maximum atomic E-state index is 11.5. The van der Waals surface area contributed by atoms with Crippen molar-refractivity contribution >= 4 is 5.91 Å². The van der Waals surface area contributed by atoms with Crippen LogP contribution in [0.5, 0.6) is 0 Å². The average molecular weight is 203 g/mol. The van der Waals surface area contributed by atoms with Gasteiger partial charge in [-0.15, -0.1) is 0 Å². The number of hydrogen-bond donors (Lipinski definition) is 1. The number of carbonyl (C=O) groups excluding carboxylic acids is 1. The van der Waals surface area contributed by atoms with Crippen LogP contribution >= 0.6 is 0 Å². The number of rotatable bonds is 5. The van der Waals surface area contributed by atoms with Gasteiger partial charge >= 0.3 is 0 Å². The summed E-state index contributed by atoms with van der Waals surface area (Å²) < 4.78 is 5.36. The van der Waals surface area contributed by atoms with Gasteiger partial charge in [0.1, 0.15) is 0 Å². The second-order valence-corrected chi connectivity index (χ2v) is 4.43. The highest BCUT2D eigenvalue weighted by Gasteiger charge is 2.29. The molecule has 1 atom stereocenters. The van der Waals surface area contributed by atoms with Gasteiger partial charge in [-0.05, 0) is 20.3 Å². The molecule has 0 fully saturated rings. The maximum absolute atomic E-state index is 11.5. The van der Waals surface area contributed by atoms with Crippen molar-refractivity contribution in [1.82, 2.24) is 5.32 Å². The van der Waals surface area contributed by atoms with E-state index in [1.807, 2.05) is 34.6 Å². The number of ether oxygens (including phenoxy) is 1. The molecule has 0 radical (unpaired) electrons. The third-order valence-corrected chi connectivity index (χ3v) is 2.61. The fraction of sp³-hybridized carbons (Fsp3) is 0.909. The van der Waals surface area contributed by atoms with Crippen molar-refractivity contribution in [3.05, 3.63) is 0 Å². The van der Waals surface area contributed by atoms with Gasteiger partial charge in [0.05, 0.1) is 11.6 Å². The summed E-state index contributed by atoms with van der Waals surface area (Å²) in [7, 11) is 1.67. The Morgan fingerprint density at radius 3 is 2.29 bits per heavy atom. The van der Waals surface area contributed by atoms with Crippen molar-refractivity contribution < 1.29 is 11.0 Å². The first-order valence-electron chi connectivity index (χ1n) is 5.20. The lowest BCUT2D eigenvalue weighted by atomic mass is 9.95. The number of nitrogens with one attached hydrogen (secondary N) is 1. The third kappa shape index (κ3) is 3.66. The molecule has 0 bridgehead atoms. The Hall–Kier alpha value is -0.570. The van der Waals surface area contributed by atoms with Gasteiger partial charge < -0.3 is 10.1 Å². The summed E-state index contributed by atoms with van der Waals surface area (Å²) in [4.78, 5) is 11.5. The highest BCUT2D eigenvalue weighted by Crippen LogP contribution is 2.16. The Kier molecular flexibility index (Phi) is 5.13. The molecule has 0 saturated carbocycles. The fourth-order valence-corrected chi connectivity index (χ4v) is 1.25. The Bertz CT molecular complexity index is 193. The van der Waals surface area contributed by atoms with Crippen LogP contribution in [0.15, 0.2) is 0 Å². The van der Waals surface area contributed by atoms with Crippen molar-refractivity contribution in [3.63, 3.8) is 0 Å². The van der Waals surface area contributed by atoms with Gasteiger partial charge in [0.2, 0.25) is 5.91 Å². The molecule has 0 rings (SSSR count). The smallest absolute Gasteiger partial charge is 0.222 e. The monoisotopic (exact) mass is 203 g/mol. The van der Waals surface area contributed by atoms with Gasteiger partial charge in [-0.1, -0.05) is 20.8 Å². The molecule has 0 aliphatic carbocycles. The van der Waals surface area contributed by atoms with Crippen LogP contribution in [0.2, 0.25) is 0 Å². The van der Waals surface area contributed by atoms with Crippen molar-refractivity contribution in [3.8, 4) is 0 Å². The molecular formula is C11H25NO2. The average Bonchev–Trinajstić information content (AvgIpc) is 2.13. The van der Waals surface area contributed by atoms with Crippen LogP contribution in [0.3, 0.4) is 0 Å². The van der Waals surface area contributed by atoms with Crippen LogP contribution < -0.4 is 5.32 Å². The molecular weight excluding hydrogens is 178 g/mol. The van der Waals surface area contributed by atoms with Crippen LogP contribution in [0, 0.1) is 5.92 Å². The summed E-state index contributed by atoms with van der Waals surface area (Å²) >= 11 is 0. The second-order valence-electron chi connectivity index (χ2n) is 4.43. The molecule has 0 aliphatic rings. The minimum atomic E-state index is -0.306. The highest BCUT2D eigenvalue weighted by molar-refractivity contribution is 5.78. The zero-order chi connectivity index (χ0) is 11.4. The second kappa shape index (κ2) is 5.35. The van der Waals surface area contributed by atoms with Crippen molar-refractivity contribution in [2.45, 2.75) is 52.7 Å². The standard InChI is InChI=1S/C11H23NO2.H2/c1-7-9(11(4,5)14-6)12-10(13)8(2)3;/h8-9H,7H2,1-6H3,(H,12,13);1H/t9-;/m1./s1. The highest BCUT2D eigenvalue weighted by atomic mass is 16.5. The minimum absolute atomic E-state index is 0. The predicted molar refractivity (Wildman–Crippen MR) is 60.3 cm³/mol. The maximum Gasteiger partial charge on any atom is 0.222 e. The van der Waals surface area contributed by atoms with Gasteiger partial charge in [0, 0.05) is 14.5 Å². The van der Waals surface area contributed by atoms with Gasteiger partial charge in [-0.25, -0.2) is 0 Å². The summed E-state index contributed by atoms with van der Waals surface area (Å²) in [5.74, 6) is 0.110. The van der Waals surface area contributed by atoms with E-state index in [-0.39, 0.29) is 24.9 Å². The molecule has 0 aromatic heterocycles. The Morgan fingerprint density at radius 1 is 1.50 bits per heavy atom. The Labute approximate surface area is 88.7 Å². The number of carbonyl (C=O) groups is 1. The first-order valence-corrected chi connectivity index (χ1v) is 5.20. The molecule has 1 amide bonds. The summed E-state index contributed by atoms with van der Waals surface area (Å²) in [6.07, 6.45) is 0.874. The van der Waals surface area contributed by atoms with Gasteiger partial charge in [-0.3, -0.25) is 4.79 Å². The molecule has 0 heterocycles. The van der Waals surface area contributed by atoms with Crippen LogP contribution in [0.25, 0.3) is 0 Å². The van der Waals surface area contributed by atoms with Crippen molar-refractivity contribution in [2.24, 2.45) is 5.92 Å². The quantitative estimate of drug-likeness (QED) is 0.744. The molecule has 0 saturated heterocycles. The molecule has 1 N–H and O–H groups in total. The molecule has 0 aromatic rings. The lowest BCUT2D eigenvalue weighted by Gasteiger charge is -2.33. The SMILES string of the molecule is CC[C@@H](NC(=O)C(C)C)C(C)(C)OC.[HH]. The zero-order valence-corrected chi connectivity index (χ0v) is 10.2. The van der Waals surface area contributed by atoms with E-state index >= 15 is 0 Å². The van der Waals surface area contributed by atoms with E-state index < -0.39 is 0 Å². The van der Waals surface area contributed by atoms with Crippen molar-refractivity contribution in [1.29, 1.82) is 0 Å². The number of hydrogen-bond acceptors (Lipinski definition) is 2. The van der Waals surface area contributed by atoms with Gasteiger partial charge in [0.25, 0.3) is 0 Å². The fourth-order valence-electron chi connectivity index (χ4n) is 1.25. The topological polar surface area (TPSA) is 38.3 Å². The zero-order valence-electron chi connectivity index (χ0n) is 10.2.